The van der Waals surface area contributed by atoms with E-state index in [-0.39, 0.29) is 37.1 Å². The van der Waals surface area contributed by atoms with E-state index in [0.717, 1.165) is 6.42 Å². The second-order valence-corrected chi connectivity index (χ2v) is 18.3. The van der Waals surface area contributed by atoms with Crippen LogP contribution >= 0.6 is 0 Å². The first-order chi connectivity index (χ1) is 26.0. The first-order valence-electron chi connectivity index (χ1n) is 19.4. The van der Waals surface area contributed by atoms with Crippen LogP contribution in [0.1, 0.15) is 92.9 Å². The van der Waals surface area contributed by atoms with Gasteiger partial charge in [-0.3, -0.25) is 19.1 Å². The number of carbonyl (C=O) groups is 4. The van der Waals surface area contributed by atoms with Crippen molar-refractivity contribution in [3.63, 3.8) is 0 Å². The Morgan fingerprint density at radius 1 is 1.04 bits per heavy atom. The Kier molecular flexibility index (Phi) is 11.7. The monoisotopic (exact) mass is 782 g/mol. The molecule has 7 unspecified atom stereocenters. The van der Waals surface area contributed by atoms with Crippen molar-refractivity contribution in [3.8, 4) is 11.8 Å². The van der Waals surface area contributed by atoms with Gasteiger partial charge in [-0.15, -0.1) is 10.2 Å². The molecule has 15 nitrogen and oxygen atoms in total. The quantitative estimate of drug-likeness (QED) is 0.309. The summed E-state index contributed by atoms with van der Waals surface area (Å²) in [5.41, 5.74) is -2.35. The molecule has 1 aromatic carbocycles. The van der Waals surface area contributed by atoms with Gasteiger partial charge in [0.25, 0.3) is 5.91 Å². The summed E-state index contributed by atoms with van der Waals surface area (Å²) < 4.78 is 45.7. The van der Waals surface area contributed by atoms with E-state index in [9.17, 15) is 27.6 Å². The van der Waals surface area contributed by atoms with Gasteiger partial charge >= 0.3 is 6.09 Å². The third-order valence-electron chi connectivity index (χ3n) is 10.8. The Balaban J connectivity index is 1.36. The van der Waals surface area contributed by atoms with E-state index in [2.05, 4.69) is 32.5 Å². The van der Waals surface area contributed by atoms with Crippen molar-refractivity contribution in [1.29, 1.82) is 0 Å². The predicted molar refractivity (Wildman–Crippen MR) is 203 cm³/mol. The normalized spacial score (nSPS) is 28.9. The van der Waals surface area contributed by atoms with Crippen LogP contribution in [0.25, 0.3) is 10.8 Å². The number of nitrogens with one attached hydrogen (secondary N) is 3. The molecule has 1 saturated heterocycles. The second-order valence-electron chi connectivity index (χ2n) is 16.4. The van der Waals surface area contributed by atoms with Gasteiger partial charge in [-0.25, -0.2) is 13.2 Å². The van der Waals surface area contributed by atoms with Crippen molar-refractivity contribution in [2.24, 2.45) is 17.8 Å². The largest absolute Gasteiger partial charge is 0.476 e. The van der Waals surface area contributed by atoms with E-state index in [1.54, 1.807) is 20.8 Å². The molecule has 3 heterocycles. The number of aromatic nitrogens is 2. The van der Waals surface area contributed by atoms with E-state index >= 15 is 0 Å². The molecule has 0 spiro atoms. The topological polar surface area (TPSA) is 195 Å². The molecule has 55 heavy (non-hydrogen) atoms. The highest BCUT2D eigenvalue weighted by Gasteiger charge is 2.62. The molecule has 300 valence electrons. The zero-order valence-electron chi connectivity index (χ0n) is 32.5. The first kappa shape index (κ1) is 40.2. The van der Waals surface area contributed by atoms with Gasteiger partial charge in [0.05, 0.1) is 29.2 Å². The highest BCUT2D eigenvalue weighted by atomic mass is 32.2. The Morgan fingerprint density at radius 3 is 2.38 bits per heavy atom. The Labute approximate surface area is 322 Å². The summed E-state index contributed by atoms with van der Waals surface area (Å²) in [4.78, 5) is 57.9. The van der Waals surface area contributed by atoms with Crippen LogP contribution in [-0.4, -0.2) is 95.1 Å². The van der Waals surface area contributed by atoms with Crippen LogP contribution in [0.4, 0.5) is 4.79 Å². The van der Waals surface area contributed by atoms with Gasteiger partial charge in [-0.2, -0.15) is 0 Å². The number of hydrogen-bond acceptors (Lipinski definition) is 11. The molecule has 3 fully saturated rings. The minimum absolute atomic E-state index is 0.0196. The van der Waals surface area contributed by atoms with Gasteiger partial charge in [0, 0.05) is 12.3 Å². The fourth-order valence-electron chi connectivity index (χ4n) is 7.69. The van der Waals surface area contributed by atoms with E-state index in [0.29, 0.717) is 55.4 Å². The molecule has 4 amide bonds. The molecular formula is C39H54N6O9S. The van der Waals surface area contributed by atoms with Crippen LogP contribution in [-0.2, 0) is 29.1 Å². The van der Waals surface area contributed by atoms with Crippen LogP contribution in [0.5, 0.6) is 11.8 Å². The van der Waals surface area contributed by atoms with Crippen molar-refractivity contribution in [2.75, 3.05) is 13.2 Å². The number of benzene rings is 1. The van der Waals surface area contributed by atoms with Crippen molar-refractivity contribution in [3.05, 3.63) is 36.4 Å². The summed E-state index contributed by atoms with van der Waals surface area (Å²) in [6, 6.07) is 5.15. The Bertz CT molecular complexity index is 1930. The van der Waals surface area contributed by atoms with Gasteiger partial charge in [0.15, 0.2) is 0 Å². The highest BCUT2D eigenvalue weighted by Crippen LogP contribution is 2.46. The summed E-state index contributed by atoms with van der Waals surface area (Å²) in [7, 11) is -3.91. The maximum atomic E-state index is 14.9. The average Bonchev–Trinajstić information content (AvgIpc) is 4.05. The minimum Gasteiger partial charge on any atom is -0.476 e. The van der Waals surface area contributed by atoms with Gasteiger partial charge in [0.2, 0.25) is 33.6 Å². The number of ether oxygens (including phenoxy) is 3. The molecule has 6 rings (SSSR count). The van der Waals surface area contributed by atoms with Crippen molar-refractivity contribution >= 4 is 44.6 Å². The molecule has 7 atom stereocenters. The fourth-order valence-corrected chi connectivity index (χ4v) is 9.06. The second kappa shape index (κ2) is 15.9. The SMILES string of the molecule is CCOc1nnc(OC2CC3C(=O)NC4(C(=O)NS(=O)(=O)C5CC5)CC4C=CCCC(C)CC(CC)C(NC(=O)OC(C)(C)C)C(=O)N3C2)c2ccccc12. The summed E-state index contributed by atoms with van der Waals surface area (Å²) in [6.07, 6.45) is 6.12. The number of carbonyl (C=O) groups excluding carboxylic acids is 4. The molecular weight excluding hydrogens is 729 g/mol. The zero-order chi connectivity index (χ0) is 39.7. The molecule has 2 aliphatic carbocycles. The van der Waals surface area contributed by atoms with Crippen LogP contribution in [0.15, 0.2) is 36.4 Å². The van der Waals surface area contributed by atoms with Gasteiger partial charge in [0.1, 0.15) is 29.3 Å². The lowest BCUT2D eigenvalue weighted by Crippen LogP contribution is -2.59. The van der Waals surface area contributed by atoms with Gasteiger partial charge in [-0.1, -0.05) is 44.6 Å². The lowest BCUT2D eigenvalue weighted by atomic mass is 9.85. The maximum Gasteiger partial charge on any atom is 0.408 e. The average molecular weight is 783 g/mol. The first-order valence-corrected chi connectivity index (χ1v) is 21.0. The van der Waals surface area contributed by atoms with Gasteiger partial charge in [-0.05, 0) is 90.2 Å². The van der Waals surface area contributed by atoms with E-state index in [4.69, 9.17) is 14.2 Å². The number of allylic oxidation sites excluding steroid dienone is 1. The number of rotatable bonds is 9. The molecule has 0 radical (unpaired) electrons. The molecule has 16 heteroatoms. The molecule has 2 saturated carbocycles. The molecule has 0 bridgehead atoms. The number of amides is 4. The van der Waals surface area contributed by atoms with Crippen molar-refractivity contribution in [2.45, 2.75) is 127 Å². The van der Waals surface area contributed by atoms with Crippen LogP contribution in [0, 0.1) is 17.8 Å². The number of nitrogens with zero attached hydrogens (tertiary/aromatic N) is 3. The van der Waals surface area contributed by atoms with E-state index in [1.165, 1.54) is 4.90 Å². The predicted octanol–water partition coefficient (Wildman–Crippen LogP) is 4.16. The number of hydrogen-bond donors (Lipinski definition) is 3. The molecule has 3 N–H and O–H groups in total. The maximum absolute atomic E-state index is 14.9. The van der Waals surface area contributed by atoms with Crippen LogP contribution in [0.3, 0.4) is 0 Å². The zero-order valence-corrected chi connectivity index (χ0v) is 33.3. The van der Waals surface area contributed by atoms with Crippen molar-refractivity contribution < 1.29 is 41.8 Å². The number of sulfonamides is 1. The fraction of sp³-hybridized carbons (Fsp3) is 0.641. The molecule has 1 aromatic heterocycles. The summed E-state index contributed by atoms with van der Waals surface area (Å²) >= 11 is 0. The molecule has 2 aliphatic heterocycles. The Morgan fingerprint density at radius 2 is 1.73 bits per heavy atom. The molecule has 4 aliphatic rings. The smallest absolute Gasteiger partial charge is 0.408 e. The lowest BCUT2D eigenvalue weighted by Gasteiger charge is -2.34. The number of fused-ring (bicyclic) bond motifs is 3. The minimum atomic E-state index is -3.91. The number of alkyl carbamates (subject to hydrolysis) is 1. The standard InChI is InChI=1S/C39H54N6O9S/c1-7-24-19-23(3)13-9-10-14-25-21-39(25,36(48)44-55(50,51)27-17-18-27)41-32(46)30-20-26(22-45(30)35(47)31(24)40-37(49)54-38(4,5)6)53-34-29-16-12-11-15-28(29)33(42-43-34)52-8-2/h10-12,14-16,23-27,30-31H,7-9,13,17-22H2,1-6H3,(H,40,49)(H,41,46)(H,44,48). The van der Waals surface area contributed by atoms with E-state index in [1.807, 2.05) is 50.3 Å². The summed E-state index contributed by atoms with van der Waals surface area (Å²) in [6.45, 7) is 11.5. The Hall–Kier alpha value is -4.47. The van der Waals surface area contributed by atoms with E-state index < -0.39 is 74.3 Å². The van der Waals surface area contributed by atoms with Crippen LogP contribution in [0.2, 0.25) is 0 Å². The summed E-state index contributed by atoms with van der Waals surface area (Å²) in [5, 5.41) is 15.0. The lowest BCUT2D eigenvalue weighted by molar-refractivity contribution is -0.142. The third kappa shape index (κ3) is 9.16. The third-order valence-corrected chi connectivity index (χ3v) is 12.6. The molecule has 2 aromatic rings. The van der Waals surface area contributed by atoms with Gasteiger partial charge < -0.3 is 29.7 Å². The van der Waals surface area contributed by atoms with Crippen LogP contribution < -0.4 is 24.8 Å². The van der Waals surface area contributed by atoms with Crippen molar-refractivity contribution in [1.82, 2.24) is 30.5 Å². The summed E-state index contributed by atoms with van der Waals surface area (Å²) in [5.74, 6) is -1.98. The highest BCUT2D eigenvalue weighted by molar-refractivity contribution is 7.91.